The number of aliphatic carboxylic acids is 1. The maximum atomic E-state index is 12.5. The number of carboxylic acids is 1. The van der Waals surface area contributed by atoms with Gasteiger partial charge in [0.1, 0.15) is 18.5 Å². The second-order valence-corrected chi connectivity index (χ2v) is 8.47. The van der Waals surface area contributed by atoms with Crippen molar-refractivity contribution in [2.75, 3.05) is 12.4 Å². The van der Waals surface area contributed by atoms with Crippen LogP contribution in [0.3, 0.4) is 0 Å². The first kappa shape index (κ1) is 22.6. The van der Waals surface area contributed by atoms with Gasteiger partial charge in [-0.2, -0.15) is 0 Å². The lowest BCUT2D eigenvalue weighted by atomic mass is 10.1. The van der Waals surface area contributed by atoms with Crippen LogP contribution in [0.1, 0.15) is 6.42 Å². The number of fused-ring (bicyclic) bond motifs is 2. The van der Waals surface area contributed by atoms with Crippen LogP contribution in [0, 0.1) is 0 Å². The zero-order valence-corrected chi connectivity index (χ0v) is 18.5. The molecular formula is C22H21N4O6S-. The van der Waals surface area contributed by atoms with Gasteiger partial charge in [0, 0.05) is 24.2 Å². The average molecular weight is 469 g/mol. The quantitative estimate of drug-likeness (QED) is 0.332. The number of aromatic amines is 1. The molecule has 0 aliphatic carbocycles. The number of H-pyrrole nitrogens is 1. The van der Waals surface area contributed by atoms with Crippen LogP contribution in [0.5, 0.6) is 5.75 Å². The Kier molecular flexibility index (Phi) is 6.52. The Balaban J connectivity index is 1.60. The molecule has 4 aromatic rings. The normalized spacial score (nSPS) is 12.3. The van der Waals surface area contributed by atoms with Crippen LogP contribution >= 0.6 is 11.8 Å². The van der Waals surface area contributed by atoms with Crippen LogP contribution in [-0.4, -0.2) is 48.6 Å². The summed E-state index contributed by atoms with van der Waals surface area (Å²) in [5, 5.41) is 23.7. The van der Waals surface area contributed by atoms with Crippen molar-refractivity contribution in [1.29, 1.82) is 0 Å². The van der Waals surface area contributed by atoms with Crippen molar-refractivity contribution in [1.82, 2.24) is 19.1 Å². The standard InChI is InChI=1S/C22H22N4O6S/c1-25-19-18(20(30)24-21(25)31)26(22(23-19)33-10-9-17(28)29)11-14(27)12-32-16-8-4-6-13-5-2-3-7-15(13)16/h2-8,14,27H,9-12H2,1H3,(H,28,29)(H,24,30,31)/p-1/t14-/m1/s1. The van der Waals surface area contributed by atoms with E-state index in [1.807, 2.05) is 42.5 Å². The van der Waals surface area contributed by atoms with Crippen molar-refractivity contribution in [3.63, 3.8) is 0 Å². The van der Waals surface area contributed by atoms with E-state index in [1.165, 1.54) is 16.2 Å². The van der Waals surface area contributed by atoms with Gasteiger partial charge in [0.05, 0.1) is 6.54 Å². The zero-order chi connectivity index (χ0) is 23.5. The number of imidazole rings is 1. The number of carboxylic acid groups (broad SMARTS) is 1. The number of aliphatic hydroxyl groups is 1. The number of rotatable bonds is 9. The minimum absolute atomic E-state index is 0.0454. The Morgan fingerprint density at radius 3 is 2.79 bits per heavy atom. The number of aromatic nitrogens is 4. The monoisotopic (exact) mass is 469 g/mol. The fourth-order valence-electron chi connectivity index (χ4n) is 3.49. The van der Waals surface area contributed by atoms with Crippen LogP contribution in [0.4, 0.5) is 0 Å². The van der Waals surface area contributed by atoms with Crippen LogP contribution in [0.25, 0.3) is 21.9 Å². The molecule has 2 aromatic carbocycles. The highest BCUT2D eigenvalue weighted by atomic mass is 32.2. The summed E-state index contributed by atoms with van der Waals surface area (Å²) in [6, 6.07) is 13.3. The molecule has 0 radical (unpaired) electrons. The van der Waals surface area contributed by atoms with Crippen molar-refractivity contribution < 1.29 is 19.7 Å². The summed E-state index contributed by atoms with van der Waals surface area (Å²) in [6.45, 7) is -0.100. The third kappa shape index (κ3) is 4.78. The molecule has 0 aliphatic heterocycles. The Labute approximate surface area is 191 Å². The Bertz CT molecular complexity index is 1440. The molecule has 1 atom stereocenters. The number of aryl methyl sites for hydroxylation is 1. The third-order valence-corrected chi connectivity index (χ3v) is 6.06. The van der Waals surface area contributed by atoms with Gasteiger partial charge in [-0.25, -0.2) is 9.78 Å². The minimum Gasteiger partial charge on any atom is -0.550 e. The van der Waals surface area contributed by atoms with Gasteiger partial charge in [0.15, 0.2) is 16.3 Å². The number of hydrogen-bond donors (Lipinski definition) is 2. The molecule has 2 aromatic heterocycles. The fourth-order valence-corrected chi connectivity index (χ4v) is 4.41. The first-order valence-electron chi connectivity index (χ1n) is 10.2. The molecule has 0 bridgehead atoms. The van der Waals surface area contributed by atoms with Crippen LogP contribution in [0.15, 0.2) is 57.2 Å². The number of carbonyl (C=O) groups is 1. The molecule has 0 fully saturated rings. The summed E-state index contributed by atoms with van der Waals surface area (Å²) >= 11 is 1.09. The van der Waals surface area contributed by atoms with Crippen LogP contribution in [-0.2, 0) is 18.4 Å². The molecule has 0 unspecified atom stereocenters. The van der Waals surface area contributed by atoms with Gasteiger partial charge in [-0.3, -0.25) is 14.3 Å². The maximum Gasteiger partial charge on any atom is 0.329 e. The summed E-state index contributed by atoms with van der Waals surface area (Å²) in [6.07, 6.45) is -1.23. The molecule has 0 amide bonds. The summed E-state index contributed by atoms with van der Waals surface area (Å²) in [7, 11) is 1.47. The number of aliphatic hydroxyl groups excluding tert-OH is 1. The summed E-state index contributed by atoms with van der Waals surface area (Å²) < 4.78 is 8.52. The third-order valence-electron chi connectivity index (χ3n) is 5.08. The second kappa shape index (κ2) is 9.51. The predicted octanol–water partition coefficient (Wildman–Crippen LogP) is 0.249. The van der Waals surface area contributed by atoms with E-state index in [-0.39, 0.29) is 36.5 Å². The molecule has 0 saturated heterocycles. The first-order chi connectivity index (χ1) is 15.8. The van der Waals surface area contributed by atoms with E-state index in [0.29, 0.717) is 10.9 Å². The lowest BCUT2D eigenvalue weighted by molar-refractivity contribution is -0.305. The summed E-state index contributed by atoms with van der Waals surface area (Å²) in [4.78, 5) is 41.8. The van der Waals surface area contributed by atoms with Crippen molar-refractivity contribution in [2.45, 2.75) is 24.2 Å². The highest BCUT2D eigenvalue weighted by Crippen LogP contribution is 2.26. The molecule has 33 heavy (non-hydrogen) atoms. The first-order valence-corrected chi connectivity index (χ1v) is 11.1. The topological polar surface area (TPSA) is 142 Å². The number of hydrogen-bond acceptors (Lipinski definition) is 8. The van der Waals surface area contributed by atoms with Gasteiger partial charge in [-0.15, -0.1) is 0 Å². The number of thioether (sulfide) groups is 1. The highest BCUT2D eigenvalue weighted by molar-refractivity contribution is 7.99. The molecule has 10 nitrogen and oxygen atoms in total. The molecule has 2 N–H and O–H groups in total. The number of nitrogens with zero attached hydrogens (tertiary/aromatic N) is 3. The zero-order valence-electron chi connectivity index (χ0n) is 17.7. The molecule has 0 aliphatic rings. The lowest BCUT2D eigenvalue weighted by Gasteiger charge is -2.16. The smallest absolute Gasteiger partial charge is 0.329 e. The van der Waals surface area contributed by atoms with Crippen molar-refractivity contribution >= 4 is 39.7 Å². The molecule has 2 heterocycles. The van der Waals surface area contributed by atoms with E-state index >= 15 is 0 Å². The SMILES string of the molecule is Cn1c(=O)[nH]c(=O)c2c1nc(SCCC(=O)[O-])n2C[C@@H](O)COc1cccc2ccccc12. The van der Waals surface area contributed by atoms with Gasteiger partial charge >= 0.3 is 5.69 Å². The Morgan fingerprint density at radius 2 is 2.00 bits per heavy atom. The van der Waals surface area contributed by atoms with Gasteiger partial charge in [-0.1, -0.05) is 48.2 Å². The number of carbonyl (C=O) groups excluding carboxylic acids is 1. The second-order valence-electron chi connectivity index (χ2n) is 7.41. The summed E-state index contributed by atoms with van der Waals surface area (Å²) in [5.41, 5.74) is -1.02. The molecular weight excluding hydrogens is 448 g/mol. The molecule has 11 heteroatoms. The summed E-state index contributed by atoms with van der Waals surface area (Å²) in [5.74, 6) is -0.439. The van der Waals surface area contributed by atoms with Crippen molar-refractivity contribution in [2.24, 2.45) is 7.05 Å². The van der Waals surface area contributed by atoms with Gasteiger partial charge in [-0.05, 0) is 17.9 Å². The maximum absolute atomic E-state index is 12.5. The average Bonchev–Trinajstić information content (AvgIpc) is 3.14. The van der Waals surface area contributed by atoms with Crippen molar-refractivity contribution in [3.05, 3.63) is 63.3 Å². The molecule has 4 rings (SSSR count). The number of ether oxygens (including phenoxy) is 1. The van der Waals surface area contributed by atoms with Gasteiger partial charge < -0.3 is 24.3 Å². The minimum atomic E-state index is -1.21. The van der Waals surface area contributed by atoms with Crippen molar-refractivity contribution in [3.8, 4) is 5.75 Å². The Morgan fingerprint density at radius 1 is 1.24 bits per heavy atom. The van der Waals surface area contributed by atoms with E-state index in [2.05, 4.69) is 9.97 Å². The van der Waals surface area contributed by atoms with Gasteiger partial charge in [0.25, 0.3) is 5.56 Å². The number of benzene rings is 2. The highest BCUT2D eigenvalue weighted by Gasteiger charge is 2.20. The lowest BCUT2D eigenvalue weighted by Crippen LogP contribution is -2.30. The van der Waals surface area contributed by atoms with Gasteiger partial charge in [0.2, 0.25) is 0 Å². The van der Waals surface area contributed by atoms with E-state index in [0.717, 1.165) is 22.5 Å². The van der Waals surface area contributed by atoms with E-state index in [4.69, 9.17) is 4.74 Å². The predicted molar refractivity (Wildman–Crippen MR) is 121 cm³/mol. The largest absolute Gasteiger partial charge is 0.550 e. The number of nitrogens with one attached hydrogen (secondary N) is 1. The van der Waals surface area contributed by atoms with E-state index in [1.54, 1.807) is 0 Å². The van der Waals surface area contributed by atoms with E-state index in [9.17, 15) is 24.6 Å². The fraction of sp³-hybridized carbons (Fsp3) is 0.273. The van der Waals surface area contributed by atoms with E-state index < -0.39 is 23.3 Å². The molecule has 172 valence electrons. The molecule has 0 saturated carbocycles. The van der Waals surface area contributed by atoms with Crippen LogP contribution < -0.4 is 21.1 Å². The van der Waals surface area contributed by atoms with Crippen LogP contribution in [0.2, 0.25) is 0 Å². The Hall–Kier alpha value is -3.57. The molecule has 0 spiro atoms.